The lowest BCUT2D eigenvalue weighted by Crippen LogP contribution is -2.26. The fraction of sp³-hybridized carbons (Fsp3) is 0.0926. The summed E-state index contributed by atoms with van der Waals surface area (Å²) in [7, 11) is -3.04. The molecule has 0 spiro atoms. The molecule has 11 rings (SSSR count). The topological polar surface area (TPSA) is 35.6 Å². The quantitative estimate of drug-likeness (QED) is 0.119. The van der Waals surface area contributed by atoms with Gasteiger partial charge < -0.3 is 0 Å². The van der Waals surface area contributed by atoms with Crippen LogP contribution in [0.1, 0.15) is 24.8 Å². The molecule has 286 valence electrons. The number of fused-ring (bicyclic) bond motifs is 6. The number of rotatable bonds is 7. The van der Waals surface area contributed by atoms with E-state index in [2.05, 4.69) is 210 Å². The summed E-state index contributed by atoms with van der Waals surface area (Å²) in [6, 6.07) is 65.9. The Morgan fingerprint density at radius 2 is 0.932 bits per heavy atom. The Kier molecular flexibility index (Phi) is 8.18. The van der Waals surface area contributed by atoms with E-state index in [1.165, 1.54) is 36.2 Å². The summed E-state index contributed by atoms with van der Waals surface area (Å²) in [6.45, 7) is 2.18. The summed E-state index contributed by atoms with van der Waals surface area (Å²) in [4.78, 5) is 15.0. The lowest BCUT2D eigenvalue weighted by Gasteiger charge is -2.55. The van der Waals surface area contributed by atoms with Crippen LogP contribution >= 0.6 is 8.75 Å². The zero-order valence-electron chi connectivity index (χ0n) is 33.1. The van der Waals surface area contributed by atoms with Crippen molar-refractivity contribution in [1.29, 1.82) is 0 Å². The first kappa shape index (κ1) is 35.4. The van der Waals surface area contributed by atoms with Gasteiger partial charge in [0.05, 0.1) is 22.1 Å². The second kappa shape index (κ2) is 13.6. The van der Waals surface area contributed by atoms with Crippen molar-refractivity contribution >= 4 is 58.2 Å². The molecule has 59 heavy (non-hydrogen) atoms. The van der Waals surface area contributed by atoms with Crippen LogP contribution in [0.15, 0.2) is 209 Å². The second-order valence-electron chi connectivity index (χ2n) is 15.9. The lowest BCUT2D eigenvalue weighted by molar-refractivity contribution is 0.732. The van der Waals surface area contributed by atoms with Gasteiger partial charge in [0, 0.05) is 37.9 Å². The molecule has 0 amide bonds. The van der Waals surface area contributed by atoms with Gasteiger partial charge in [-0.3, -0.25) is 9.13 Å². The van der Waals surface area contributed by atoms with E-state index in [4.69, 9.17) is 15.8 Å². The zero-order chi connectivity index (χ0) is 39.6. The highest BCUT2D eigenvalue weighted by Gasteiger charge is 2.43. The third-order valence-electron chi connectivity index (χ3n) is 12.8. The summed E-state index contributed by atoms with van der Waals surface area (Å²) in [5.74, 6) is 7.94. The molecule has 0 radical (unpaired) electrons. The van der Waals surface area contributed by atoms with Crippen LogP contribution in [0.4, 0.5) is 0 Å². The van der Waals surface area contributed by atoms with E-state index in [1.54, 1.807) is 0 Å². The molecule has 3 aromatic heterocycles. The maximum Gasteiger partial charge on any atom is 0.163 e. The van der Waals surface area contributed by atoms with Crippen molar-refractivity contribution in [1.82, 2.24) is 19.1 Å². The molecule has 0 N–H and O–H groups in total. The first-order chi connectivity index (χ1) is 29.0. The Morgan fingerprint density at radius 1 is 0.508 bits per heavy atom. The van der Waals surface area contributed by atoms with E-state index in [1.807, 2.05) is 0 Å². The molecule has 0 aliphatic heterocycles. The normalized spacial score (nSPS) is 15.2. The van der Waals surface area contributed by atoms with E-state index in [9.17, 15) is 0 Å². The molecule has 10 aromatic rings. The van der Waals surface area contributed by atoms with Gasteiger partial charge in [0.2, 0.25) is 0 Å². The third-order valence-corrected chi connectivity index (χ3v) is 18.5. The van der Waals surface area contributed by atoms with Crippen molar-refractivity contribution in [3.63, 3.8) is 0 Å². The van der Waals surface area contributed by atoms with Crippen molar-refractivity contribution in [2.45, 2.75) is 46.1 Å². The summed E-state index contributed by atoms with van der Waals surface area (Å²) in [5, 5.41) is 5.00. The largest absolute Gasteiger partial charge is 0.293 e. The van der Waals surface area contributed by atoms with Gasteiger partial charge in [-0.15, -0.1) is 0 Å². The highest BCUT2D eigenvalue weighted by Crippen LogP contribution is 2.79. The van der Waals surface area contributed by atoms with Crippen molar-refractivity contribution in [2.24, 2.45) is 0 Å². The predicted octanol–water partition coefficient (Wildman–Crippen LogP) is 14.0. The molecule has 0 bridgehead atoms. The average Bonchev–Trinajstić information content (AvgIpc) is 3.83. The van der Waals surface area contributed by atoms with Crippen molar-refractivity contribution in [2.75, 3.05) is 0 Å². The second-order valence-corrected chi connectivity index (χ2v) is 20.4. The molecule has 1 unspecified atom stereocenters. The van der Waals surface area contributed by atoms with Crippen LogP contribution < -0.4 is 0 Å². The van der Waals surface area contributed by atoms with Crippen molar-refractivity contribution in [3.8, 4) is 23.0 Å². The van der Waals surface area contributed by atoms with Crippen LogP contribution in [-0.2, 0) is 0 Å². The zero-order valence-corrected chi connectivity index (χ0v) is 33.9. The van der Waals surface area contributed by atoms with Gasteiger partial charge in [0.1, 0.15) is 11.6 Å². The smallest absolute Gasteiger partial charge is 0.163 e. The lowest BCUT2D eigenvalue weighted by atomic mass is 10.1. The number of para-hydroxylation sites is 4. The van der Waals surface area contributed by atoms with E-state index in [-0.39, 0.29) is 5.25 Å². The molecule has 1 aliphatic carbocycles. The molecule has 4 nitrogen and oxygen atoms in total. The Bertz CT molecular complexity index is 3050. The van der Waals surface area contributed by atoms with Gasteiger partial charge >= 0.3 is 0 Å². The predicted molar refractivity (Wildman–Crippen MR) is 250 cm³/mol. The van der Waals surface area contributed by atoms with Gasteiger partial charge in [-0.05, 0) is 102 Å². The van der Waals surface area contributed by atoms with Crippen LogP contribution in [0.3, 0.4) is 0 Å². The van der Waals surface area contributed by atoms with Gasteiger partial charge in [-0.1, -0.05) is 139 Å². The van der Waals surface area contributed by atoms with E-state index < -0.39 is 8.75 Å². The van der Waals surface area contributed by atoms with Crippen LogP contribution in [0.25, 0.3) is 66.6 Å². The summed E-state index contributed by atoms with van der Waals surface area (Å²) < 4.78 is 4.68. The highest BCUT2D eigenvalue weighted by molar-refractivity contribution is 8.47. The van der Waals surface area contributed by atoms with Crippen molar-refractivity contribution in [3.05, 3.63) is 200 Å². The number of hydrogen-bond donors (Lipinski definition) is 0. The monoisotopic (exact) mass is 780 g/mol. The van der Waals surface area contributed by atoms with E-state index >= 15 is 0 Å². The van der Waals surface area contributed by atoms with E-state index in [0.29, 0.717) is 5.82 Å². The molecular formula is C54H44N4S. The van der Waals surface area contributed by atoms with Gasteiger partial charge in [-0.25, -0.2) is 9.97 Å². The Labute approximate surface area is 344 Å². The number of allylic oxidation sites excluding steroid dienone is 1. The van der Waals surface area contributed by atoms with Gasteiger partial charge in [-0.2, -0.15) is 8.75 Å². The molecule has 0 fully saturated rings. The molecule has 1 aliphatic rings. The van der Waals surface area contributed by atoms with Crippen molar-refractivity contribution < 1.29 is 0 Å². The summed E-state index contributed by atoms with van der Waals surface area (Å²) in [5.41, 5.74) is 6.41. The molecule has 0 saturated carbocycles. The Morgan fingerprint density at radius 3 is 1.37 bits per heavy atom. The van der Waals surface area contributed by atoms with Crippen LogP contribution in [0, 0.1) is 6.92 Å². The summed E-state index contributed by atoms with van der Waals surface area (Å²) in [6.07, 6.45) is 8.13. The maximum absolute atomic E-state index is 5.64. The molecule has 1 atom stereocenters. The molecule has 3 heterocycles. The number of nitrogens with zero attached hydrogens (tertiary/aromatic N) is 4. The van der Waals surface area contributed by atoms with Crippen LogP contribution in [0.5, 0.6) is 0 Å². The maximum atomic E-state index is 5.64. The van der Waals surface area contributed by atoms with E-state index in [0.717, 1.165) is 64.1 Å². The molecule has 5 heteroatoms. The fourth-order valence-corrected chi connectivity index (χ4v) is 15.2. The first-order valence-electron chi connectivity index (χ1n) is 20.6. The van der Waals surface area contributed by atoms with Crippen LogP contribution in [-0.4, -0.2) is 30.2 Å². The van der Waals surface area contributed by atoms with Crippen LogP contribution in [0.2, 0.25) is 0 Å². The van der Waals surface area contributed by atoms with Gasteiger partial charge in [0.15, 0.2) is 5.82 Å². The molecular weight excluding hydrogens is 737 g/mol. The number of aromatic nitrogens is 4. The van der Waals surface area contributed by atoms with Gasteiger partial charge in [0.25, 0.3) is 0 Å². The summed E-state index contributed by atoms with van der Waals surface area (Å²) >= 11 is 0. The minimum atomic E-state index is -3.04. The average molecular weight is 781 g/mol. The minimum absolute atomic E-state index is 0.209. The number of benzene rings is 7. The third kappa shape index (κ3) is 5.14. The molecule has 0 saturated heterocycles. The standard InChI is InChI=1S/C54H44N4S/c1-38-53(57-48-33-16-12-29-44(48)45-30-13-17-34-49(45)57)55-52(56-54(38)58-50-35-18-14-31-46(50)47-32-15-19-36-51(47)58)39-21-20-28-43(37-39)59(2,40-22-6-3-7-23-40,41-24-8-4-9-25-41)42-26-10-5-11-27-42/h3-4,6-10,12-26,28-37,42H,2,5,11,27H2,1H3. The number of hydrogen-bond acceptors (Lipinski definition) is 2. The highest BCUT2D eigenvalue weighted by atomic mass is 32.3. The fourth-order valence-electron chi connectivity index (χ4n) is 9.89. The Balaban J connectivity index is 1.25. The first-order valence-corrected chi connectivity index (χ1v) is 22.8. The Hall–Kier alpha value is -6.82. The SMILES string of the molecule is C=S(c1ccccc1)(c1ccccc1)(c1cccc(-c2nc(-n3c4ccccc4c4ccccc43)c(C)c(-n3c4ccccc4c4ccccc43)n2)c1)C1C=CCCC1. The minimum Gasteiger partial charge on any atom is -0.293 e. The molecule has 7 aromatic carbocycles.